The van der Waals surface area contributed by atoms with Crippen LogP contribution in [0.2, 0.25) is 5.02 Å². The molecule has 3 rings (SSSR count). The van der Waals surface area contributed by atoms with Gasteiger partial charge in [0.25, 0.3) is 5.91 Å². The van der Waals surface area contributed by atoms with Crippen molar-refractivity contribution in [1.29, 1.82) is 0 Å². The van der Waals surface area contributed by atoms with Gasteiger partial charge >= 0.3 is 0 Å². The van der Waals surface area contributed by atoms with E-state index in [0.29, 0.717) is 10.7 Å². The lowest BCUT2D eigenvalue weighted by molar-refractivity contribution is 0.0935. The Morgan fingerprint density at radius 2 is 1.91 bits per heavy atom. The van der Waals surface area contributed by atoms with E-state index in [9.17, 15) is 4.79 Å². The number of amides is 1. The predicted octanol–water partition coefficient (Wildman–Crippen LogP) is 4.38. The van der Waals surface area contributed by atoms with E-state index in [1.54, 1.807) is 6.07 Å². The molecule has 0 fully saturated rings. The van der Waals surface area contributed by atoms with Crippen LogP contribution in [0.1, 0.15) is 29.0 Å². The second kappa shape index (κ2) is 6.16. The zero-order valence-electron chi connectivity index (χ0n) is 12.1. The van der Waals surface area contributed by atoms with Crippen LogP contribution >= 0.6 is 11.6 Å². The van der Waals surface area contributed by atoms with Crippen molar-refractivity contribution in [3.05, 3.63) is 76.9 Å². The summed E-state index contributed by atoms with van der Waals surface area (Å²) in [6.45, 7) is 1.92. The maximum absolute atomic E-state index is 12.4. The first-order valence-corrected chi connectivity index (χ1v) is 7.43. The molecule has 1 atom stereocenters. The first kappa shape index (κ1) is 14.5. The highest BCUT2D eigenvalue weighted by molar-refractivity contribution is 6.30. The molecule has 1 aromatic heterocycles. The number of fused-ring (bicyclic) bond motifs is 1. The van der Waals surface area contributed by atoms with E-state index >= 15 is 0 Å². The minimum absolute atomic E-state index is 0.139. The van der Waals surface area contributed by atoms with Gasteiger partial charge in [0.2, 0.25) is 0 Å². The Morgan fingerprint density at radius 3 is 2.73 bits per heavy atom. The molecule has 3 nitrogen and oxygen atoms in total. The van der Waals surface area contributed by atoms with Crippen LogP contribution in [0.25, 0.3) is 10.9 Å². The number of nitrogens with zero attached hydrogens (tertiary/aromatic N) is 1. The Hall–Kier alpha value is -2.39. The van der Waals surface area contributed by atoms with Crippen molar-refractivity contribution in [2.24, 2.45) is 0 Å². The highest BCUT2D eigenvalue weighted by Gasteiger charge is 2.13. The van der Waals surface area contributed by atoms with Gasteiger partial charge < -0.3 is 5.32 Å². The zero-order chi connectivity index (χ0) is 15.5. The van der Waals surface area contributed by atoms with Crippen LogP contribution in [0.3, 0.4) is 0 Å². The third-order valence-corrected chi connectivity index (χ3v) is 3.76. The SMILES string of the molecule is CC(NC(=O)c1ccc2ccccc2n1)c1cccc(Cl)c1. The summed E-state index contributed by atoms with van der Waals surface area (Å²) in [7, 11) is 0. The van der Waals surface area contributed by atoms with Crippen molar-refractivity contribution >= 4 is 28.4 Å². The van der Waals surface area contributed by atoms with Gasteiger partial charge in [-0.05, 0) is 36.8 Å². The molecule has 0 aliphatic carbocycles. The molecule has 3 aromatic rings. The van der Waals surface area contributed by atoms with Gasteiger partial charge in [0.15, 0.2) is 0 Å². The predicted molar refractivity (Wildman–Crippen MR) is 89.1 cm³/mol. The summed E-state index contributed by atoms with van der Waals surface area (Å²) in [6.07, 6.45) is 0. The lowest BCUT2D eigenvalue weighted by Crippen LogP contribution is -2.27. The third-order valence-electron chi connectivity index (χ3n) is 3.53. The van der Waals surface area contributed by atoms with Crippen molar-refractivity contribution in [3.8, 4) is 0 Å². The summed E-state index contributed by atoms with van der Waals surface area (Å²) < 4.78 is 0. The molecule has 0 aliphatic heterocycles. The highest BCUT2D eigenvalue weighted by Crippen LogP contribution is 2.18. The average molecular weight is 311 g/mol. The van der Waals surface area contributed by atoms with E-state index in [1.165, 1.54) is 0 Å². The van der Waals surface area contributed by atoms with Gasteiger partial charge in [-0.1, -0.05) is 48.0 Å². The molecule has 1 heterocycles. The van der Waals surface area contributed by atoms with Crippen molar-refractivity contribution in [2.75, 3.05) is 0 Å². The zero-order valence-corrected chi connectivity index (χ0v) is 12.8. The number of hydrogen-bond donors (Lipinski definition) is 1. The van der Waals surface area contributed by atoms with Gasteiger partial charge in [-0.25, -0.2) is 4.98 Å². The van der Waals surface area contributed by atoms with Gasteiger partial charge in [-0.3, -0.25) is 4.79 Å². The maximum Gasteiger partial charge on any atom is 0.270 e. The van der Waals surface area contributed by atoms with Crippen LogP contribution in [-0.4, -0.2) is 10.9 Å². The quantitative estimate of drug-likeness (QED) is 0.780. The molecule has 0 spiro atoms. The normalized spacial score (nSPS) is 12.1. The van der Waals surface area contributed by atoms with E-state index in [4.69, 9.17) is 11.6 Å². The Labute approximate surface area is 133 Å². The van der Waals surface area contributed by atoms with Gasteiger partial charge in [0.1, 0.15) is 5.69 Å². The summed E-state index contributed by atoms with van der Waals surface area (Å²) in [4.78, 5) is 16.8. The lowest BCUT2D eigenvalue weighted by atomic mass is 10.1. The summed E-state index contributed by atoms with van der Waals surface area (Å²) in [5, 5.41) is 4.62. The number of pyridine rings is 1. The molecule has 1 N–H and O–H groups in total. The van der Waals surface area contributed by atoms with Gasteiger partial charge in [-0.2, -0.15) is 0 Å². The van der Waals surface area contributed by atoms with Gasteiger partial charge in [-0.15, -0.1) is 0 Å². The standard InChI is InChI=1S/C18H15ClN2O/c1-12(14-6-4-7-15(19)11-14)20-18(22)17-10-9-13-5-2-3-8-16(13)21-17/h2-12H,1H3,(H,20,22). The molecule has 2 aromatic carbocycles. The molecule has 22 heavy (non-hydrogen) atoms. The molecular formula is C18H15ClN2O. The summed E-state index contributed by atoms with van der Waals surface area (Å²) in [5.41, 5.74) is 2.18. The average Bonchev–Trinajstić information content (AvgIpc) is 2.54. The Bertz CT molecular complexity index is 832. The van der Waals surface area contributed by atoms with Crippen molar-refractivity contribution < 1.29 is 4.79 Å². The van der Waals surface area contributed by atoms with Crippen molar-refractivity contribution in [3.63, 3.8) is 0 Å². The van der Waals surface area contributed by atoms with Crippen LogP contribution in [0, 0.1) is 0 Å². The van der Waals surface area contributed by atoms with Gasteiger partial charge in [0.05, 0.1) is 11.6 Å². The van der Waals surface area contributed by atoms with Gasteiger partial charge in [0, 0.05) is 10.4 Å². The number of carbonyl (C=O) groups is 1. The van der Waals surface area contributed by atoms with E-state index in [1.807, 2.05) is 61.5 Å². The van der Waals surface area contributed by atoms with Crippen LogP contribution in [-0.2, 0) is 0 Å². The fourth-order valence-electron chi connectivity index (χ4n) is 2.32. The Kier molecular flexibility index (Phi) is 4.07. The molecule has 0 radical (unpaired) electrons. The van der Waals surface area contributed by atoms with Crippen LogP contribution in [0.15, 0.2) is 60.7 Å². The molecule has 1 amide bonds. The molecule has 0 aliphatic rings. The van der Waals surface area contributed by atoms with E-state index in [2.05, 4.69) is 10.3 Å². The first-order valence-electron chi connectivity index (χ1n) is 7.05. The van der Waals surface area contributed by atoms with E-state index in [0.717, 1.165) is 16.5 Å². The van der Waals surface area contributed by atoms with Crippen LogP contribution in [0.4, 0.5) is 0 Å². The number of benzene rings is 2. The minimum atomic E-state index is -0.196. The number of rotatable bonds is 3. The second-order valence-electron chi connectivity index (χ2n) is 5.14. The molecular weight excluding hydrogens is 296 g/mol. The number of carbonyl (C=O) groups excluding carboxylic acids is 1. The van der Waals surface area contributed by atoms with Crippen LogP contribution < -0.4 is 5.32 Å². The van der Waals surface area contributed by atoms with Crippen LogP contribution in [0.5, 0.6) is 0 Å². The molecule has 0 bridgehead atoms. The largest absolute Gasteiger partial charge is 0.344 e. The highest BCUT2D eigenvalue weighted by atomic mass is 35.5. The first-order chi connectivity index (χ1) is 10.6. The molecule has 0 saturated carbocycles. The smallest absolute Gasteiger partial charge is 0.270 e. The Balaban J connectivity index is 1.80. The Morgan fingerprint density at radius 1 is 1.09 bits per heavy atom. The summed E-state index contributed by atoms with van der Waals surface area (Å²) >= 11 is 5.98. The summed E-state index contributed by atoms with van der Waals surface area (Å²) in [6, 6.07) is 18.7. The molecule has 4 heteroatoms. The third kappa shape index (κ3) is 3.10. The number of para-hydroxylation sites is 1. The van der Waals surface area contributed by atoms with Crippen molar-refractivity contribution in [2.45, 2.75) is 13.0 Å². The fourth-order valence-corrected chi connectivity index (χ4v) is 2.52. The number of halogens is 1. The van der Waals surface area contributed by atoms with E-state index in [-0.39, 0.29) is 11.9 Å². The monoisotopic (exact) mass is 310 g/mol. The molecule has 110 valence electrons. The number of hydrogen-bond acceptors (Lipinski definition) is 2. The second-order valence-corrected chi connectivity index (χ2v) is 5.58. The minimum Gasteiger partial charge on any atom is -0.344 e. The molecule has 0 saturated heterocycles. The number of nitrogens with one attached hydrogen (secondary N) is 1. The fraction of sp³-hybridized carbons (Fsp3) is 0.111. The van der Waals surface area contributed by atoms with E-state index < -0.39 is 0 Å². The van der Waals surface area contributed by atoms with Crippen molar-refractivity contribution in [1.82, 2.24) is 10.3 Å². The topological polar surface area (TPSA) is 42.0 Å². The molecule has 1 unspecified atom stereocenters. The maximum atomic E-state index is 12.4. The lowest BCUT2D eigenvalue weighted by Gasteiger charge is -2.14. The number of aromatic nitrogens is 1. The summed E-state index contributed by atoms with van der Waals surface area (Å²) in [5.74, 6) is -0.196.